The van der Waals surface area contributed by atoms with E-state index >= 15 is 0 Å². The molecule has 0 saturated carbocycles. The van der Waals surface area contributed by atoms with Crippen LogP contribution in [0, 0.1) is 15.9 Å². The molecule has 0 spiro atoms. The van der Waals surface area contributed by atoms with Gasteiger partial charge in [0.1, 0.15) is 17.5 Å². The van der Waals surface area contributed by atoms with E-state index < -0.39 is 10.7 Å². The van der Waals surface area contributed by atoms with Gasteiger partial charge in [-0.15, -0.1) is 0 Å². The number of hydrogen-bond acceptors (Lipinski definition) is 6. The van der Waals surface area contributed by atoms with Gasteiger partial charge in [0.15, 0.2) is 0 Å². The molecule has 21 heavy (non-hydrogen) atoms. The van der Waals surface area contributed by atoms with Crippen molar-refractivity contribution in [1.82, 2.24) is 4.98 Å². The van der Waals surface area contributed by atoms with Gasteiger partial charge in [0.05, 0.1) is 17.1 Å². The number of nitrogens with zero attached hydrogens (tertiary/aromatic N) is 3. The van der Waals surface area contributed by atoms with E-state index in [1.54, 1.807) is 17.0 Å². The molecule has 8 heteroatoms. The molecule has 0 amide bonds. The molecular weight excluding hydrogens is 277 g/mol. The van der Waals surface area contributed by atoms with E-state index in [0.29, 0.717) is 18.1 Å². The number of nitrogens with one attached hydrogen (secondary N) is 1. The summed E-state index contributed by atoms with van der Waals surface area (Å²) in [7, 11) is 0. The molecule has 0 bridgehead atoms. The molecule has 7 nitrogen and oxygen atoms in total. The third-order valence-electron chi connectivity index (χ3n) is 2.87. The van der Waals surface area contributed by atoms with Crippen molar-refractivity contribution in [1.29, 1.82) is 0 Å². The Hall–Kier alpha value is -2.74. The quantitative estimate of drug-likeness (QED) is 0.499. The van der Waals surface area contributed by atoms with Gasteiger partial charge < -0.3 is 10.3 Å². The number of benzene rings is 1. The van der Waals surface area contributed by atoms with Crippen LogP contribution in [0.15, 0.2) is 36.4 Å². The van der Waals surface area contributed by atoms with Gasteiger partial charge in [-0.2, -0.15) is 0 Å². The highest BCUT2D eigenvalue weighted by atomic mass is 19.1. The van der Waals surface area contributed by atoms with E-state index in [9.17, 15) is 14.5 Å². The van der Waals surface area contributed by atoms with Gasteiger partial charge in [-0.1, -0.05) is 6.07 Å². The molecule has 0 unspecified atom stereocenters. The average Bonchev–Trinajstić information content (AvgIpc) is 2.47. The summed E-state index contributed by atoms with van der Waals surface area (Å²) in [6.07, 6.45) is 0. The van der Waals surface area contributed by atoms with Crippen molar-refractivity contribution in [2.75, 3.05) is 16.9 Å². The fraction of sp³-hybridized carbons (Fsp3) is 0.154. The molecule has 1 heterocycles. The zero-order chi connectivity index (χ0) is 15.4. The fourth-order valence-electron chi connectivity index (χ4n) is 1.94. The van der Waals surface area contributed by atoms with Crippen LogP contribution in [-0.4, -0.2) is 16.5 Å². The Balaban J connectivity index is 2.51. The Morgan fingerprint density at radius 1 is 1.43 bits per heavy atom. The van der Waals surface area contributed by atoms with Gasteiger partial charge in [0, 0.05) is 12.2 Å². The normalized spacial score (nSPS) is 10.2. The van der Waals surface area contributed by atoms with Gasteiger partial charge in [0.2, 0.25) is 0 Å². The third kappa shape index (κ3) is 3.23. The van der Waals surface area contributed by atoms with E-state index in [1.807, 2.05) is 6.92 Å². The van der Waals surface area contributed by atoms with Crippen molar-refractivity contribution in [2.24, 2.45) is 5.84 Å². The number of anilines is 3. The third-order valence-corrected chi connectivity index (χ3v) is 2.87. The zero-order valence-corrected chi connectivity index (χ0v) is 11.3. The molecule has 0 aliphatic rings. The van der Waals surface area contributed by atoms with E-state index in [-0.39, 0.29) is 11.5 Å². The molecular formula is C13H14FN5O2. The lowest BCUT2D eigenvalue weighted by Crippen LogP contribution is -2.19. The molecule has 0 aliphatic heterocycles. The molecule has 0 fully saturated rings. The van der Waals surface area contributed by atoms with Crippen molar-refractivity contribution in [3.8, 4) is 0 Å². The second kappa shape index (κ2) is 6.14. The Labute approximate surface area is 120 Å². The van der Waals surface area contributed by atoms with Crippen LogP contribution >= 0.6 is 0 Å². The molecule has 2 aromatic rings. The lowest BCUT2D eigenvalue weighted by Gasteiger charge is -2.22. The Morgan fingerprint density at radius 3 is 2.76 bits per heavy atom. The van der Waals surface area contributed by atoms with Crippen LogP contribution in [0.1, 0.15) is 6.92 Å². The second-order valence-electron chi connectivity index (χ2n) is 4.19. The molecule has 0 aliphatic carbocycles. The number of aromatic nitrogens is 1. The monoisotopic (exact) mass is 291 g/mol. The van der Waals surface area contributed by atoms with E-state index in [2.05, 4.69) is 10.4 Å². The minimum atomic E-state index is -0.536. The number of halogens is 1. The van der Waals surface area contributed by atoms with Gasteiger partial charge in [-0.05, 0) is 25.1 Å². The number of pyridine rings is 1. The maximum Gasteiger partial charge on any atom is 0.276 e. The van der Waals surface area contributed by atoms with Crippen molar-refractivity contribution >= 4 is 23.0 Å². The lowest BCUT2D eigenvalue weighted by molar-refractivity contribution is -0.384. The first kappa shape index (κ1) is 14.7. The molecule has 0 atom stereocenters. The minimum absolute atomic E-state index is 0.150. The van der Waals surface area contributed by atoms with E-state index in [0.717, 1.165) is 0 Å². The van der Waals surface area contributed by atoms with Crippen LogP contribution in [0.25, 0.3) is 0 Å². The molecule has 2 rings (SSSR count). The molecule has 110 valence electrons. The van der Waals surface area contributed by atoms with Crippen molar-refractivity contribution in [3.05, 3.63) is 52.3 Å². The standard InChI is InChI=1S/C13H14FN5O2/c1-2-18(10-5-3-4-9(14)6-10)13-8-11(19(20)21)7-12(16-13)17-15/h3-8H,2,15H2,1H3,(H,16,17). The zero-order valence-electron chi connectivity index (χ0n) is 11.3. The largest absolute Gasteiger partial charge is 0.326 e. The maximum absolute atomic E-state index is 13.3. The lowest BCUT2D eigenvalue weighted by atomic mass is 10.2. The maximum atomic E-state index is 13.3. The van der Waals surface area contributed by atoms with Crippen LogP contribution in [0.5, 0.6) is 0 Å². The number of nitro groups is 1. The summed E-state index contributed by atoms with van der Waals surface area (Å²) in [5.74, 6) is 5.36. The Bertz CT molecular complexity index is 665. The summed E-state index contributed by atoms with van der Waals surface area (Å²) in [4.78, 5) is 16.2. The highest BCUT2D eigenvalue weighted by Gasteiger charge is 2.16. The summed E-state index contributed by atoms with van der Waals surface area (Å²) in [6, 6.07) is 8.46. The first-order valence-electron chi connectivity index (χ1n) is 6.21. The predicted octanol–water partition coefficient (Wildman–Crippen LogP) is 2.57. The highest BCUT2D eigenvalue weighted by molar-refractivity contribution is 5.64. The van der Waals surface area contributed by atoms with Crippen molar-refractivity contribution < 1.29 is 9.31 Å². The number of hydrazine groups is 1. The first-order valence-corrected chi connectivity index (χ1v) is 6.21. The number of hydrogen-bond donors (Lipinski definition) is 2. The molecule has 3 N–H and O–H groups in total. The van der Waals surface area contributed by atoms with Crippen LogP contribution in [0.2, 0.25) is 0 Å². The molecule has 1 aromatic heterocycles. The highest BCUT2D eigenvalue weighted by Crippen LogP contribution is 2.28. The number of nitrogen functional groups attached to an aromatic ring is 1. The second-order valence-corrected chi connectivity index (χ2v) is 4.19. The van der Waals surface area contributed by atoms with Gasteiger partial charge >= 0.3 is 0 Å². The Morgan fingerprint density at radius 2 is 2.19 bits per heavy atom. The predicted molar refractivity (Wildman–Crippen MR) is 77.8 cm³/mol. The summed E-state index contributed by atoms with van der Waals surface area (Å²) < 4.78 is 13.3. The summed E-state index contributed by atoms with van der Waals surface area (Å²) in [6.45, 7) is 2.29. The first-order chi connectivity index (χ1) is 10.0. The van der Waals surface area contributed by atoms with Crippen LogP contribution in [-0.2, 0) is 0 Å². The van der Waals surface area contributed by atoms with E-state index in [4.69, 9.17) is 5.84 Å². The van der Waals surface area contributed by atoms with Crippen LogP contribution in [0.4, 0.5) is 27.4 Å². The van der Waals surface area contributed by atoms with Gasteiger partial charge in [-0.3, -0.25) is 10.1 Å². The smallest absolute Gasteiger partial charge is 0.276 e. The van der Waals surface area contributed by atoms with Crippen molar-refractivity contribution in [2.45, 2.75) is 6.92 Å². The SMILES string of the molecule is CCN(c1cccc(F)c1)c1cc([N+](=O)[O-])cc(NN)n1. The molecule has 0 radical (unpaired) electrons. The molecule has 0 saturated heterocycles. The summed E-state index contributed by atoms with van der Waals surface area (Å²) >= 11 is 0. The topological polar surface area (TPSA) is 97.3 Å². The summed E-state index contributed by atoms with van der Waals surface area (Å²) in [5.41, 5.74) is 2.69. The van der Waals surface area contributed by atoms with Gasteiger partial charge in [0.25, 0.3) is 5.69 Å². The molecule has 1 aromatic carbocycles. The van der Waals surface area contributed by atoms with Crippen molar-refractivity contribution in [3.63, 3.8) is 0 Å². The summed E-state index contributed by atoms with van der Waals surface area (Å²) in [5, 5.41) is 11.0. The average molecular weight is 291 g/mol. The Kier molecular flexibility index (Phi) is 4.29. The minimum Gasteiger partial charge on any atom is -0.326 e. The number of nitrogens with two attached hydrogens (primary N) is 1. The van der Waals surface area contributed by atoms with Crippen LogP contribution in [0.3, 0.4) is 0 Å². The van der Waals surface area contributed by atoms with Gasteiger partial charge in [-0.25, -0.2) is 15.2 Å². The van der Waals surface area contributed by atoms with Crippen LogP contribution < -0.4 is 16.2 Å². The number of rotatable bonds is 5. The fourth-order valence-corrected chi connectivity index (χ4v) is 1.94. The van der Waals surface area contributed by atoms with E-state index in [1.165, 1.54) is 24.3 Å².